The highest BCUT2D eigenvalue weighted by atomic mass is 16.2. The SMILES string of the molecule is CC(CNC(=O)C1(CN)CCCCCC1)c1ccccc1. The zero-order valence-corrected chi connectivity index (χ0v) is 13.1. The van der Waals surface area contributed by atoms with Gasteiger partial charge in [-0.05, 0) is 24.3 Å². The van der Waals surface area contributed by atoms with E-state index in [-0.39, 0.29) is 11.3 Å². The van der Waals surface area contributed by atoms with Crippen molar-refractivity contribution in [1.82, 2.24) is 5.32 Å². The zero-order valence-electron chi connectivity index (χ0n) is 13.1. The van der Waals surface area contributed by atoms with Crippen molar-refractivity contribution in [3.8, 4) is 0 Å². The van der Waals surface area contributed by atoms with Crippen molar-refractivity contribution in [2.24, 2.45) is 11.1 Å². The van der Waals surface area contributed by atoms with Crippen LogP contribution in [-0.4, -0.2) is 19.0 Å². The molecular weight excluding hydrogens is 260 g/mol. The number of carbonyl (C=O) groups is 1. The maximum absolute atomic E-state index is 12.6. The van der Waals surface area contributed by atoms with Gasteiger partial charge in [-0.15, -0.1) is 0 Å². The van der Waals surface area contributed by atoms with Gasteiger partial charge in [0, 0.05) is 13.1 Å². The minimum atomic E-state index is -0.326. The van der Waals surface area contributed by atoms with Crippen LogP contribution in [0.5, 0.6) is 0 Å². The van der Waals surface area contributed by atoms with Gasteiger partial charge in [-0.1, -0.05) is 62.9 Å². The van der Waals surface area contributed by atoms with Gasteiger partial charge in [0.15, 0.2) is 0 Å². The van der Waals surface area contributed by atoms with Crippen LogP contribution in [0.1, 0.15) is 56.9 Å². The maximum atomic E-state index is 12.6. The Morgan fingerprint density at radius 1 is 1.19 bits per heavy atom. The first-order valence-electron chi connectivity index (χ1n) is 8.21. The molecule has 1 aliphatic carbocycles. The second-order valence-electron chi connectivity index (χ2n) is 6.42. The summed E-state index contributed by atoms with van der Waals surface area (Å²) in [7, 11) is 0. The van der Waals surface area contributed by atoms with Crippen LogP contribution in [0.25, 0.3) is 0 Å². The molecule has 3 N–H and O–H groups in total. The van der Waals surface area contributed by atoms with E-state index in [0.29, 0.717) is 19.0 Å². The first-order chi connectivity index (χ1) is 10.2. The maximum Gasteiger partial charge on any atom is 0.227 e. The summed E-state index contributed by atoms with van der Waals surface area (Å²) in [4.78, 5) is 12.6. The first-order valence-corrected chi connectivity index (χ1v) is 8.21. The molecule has 0 radical (unpaired) electrons. The van der Waals surface area contributed by atoms with Gasteiger partial charge in [0.05, 0.1) is 5.41 Å². The summed E-state index contributed by atoms with van der Waals surface area (Å²) in [6.45, 7) is 3.31. The van der Waals surface area contributed by atoms with Crippen LogP contribution in [0.2, 0.25) is 0 Å². The van der Waals surface area contributed by atoms with Crippen LogP contribution in [0, 0.1) is 5.41 Å². The quantitative estimate of drug-likeness (QED) is 0.817. The van der Waals surface area contributed by atoms with E-state index in [1.54, 1.807) is 0 Å². The number of hydrogen-bond donors (Lipinski definition) is 2. The van der Waals surface area contributed by atoms with Gasteiger partial charge in [-0.25, -0.2) is 0 Å². The van der Waals surface area contributed by atoms with Gasteiger partial charge < -0.3 is 11.1 Å². The number of amides is 1. The van der Waals surface area contributed by atoms with E-state index in [0.717, 1.165) is 25.7 Å². The number of carbonyl (C=O) groups excluding carboxylic acids is 1. The molecule has 0 heterocycles. The Bertz CT molecular complexity index is 436. The normalized spacial score (nSPS) is 19.5. The lowest BCUT2D eigenvalue weighted by molar-refractivity contribution is -0.131. The minimum absolute atomic E-state index is 0.162. The van der Waals surface area contributed by atoms with Crippen LogP contribution < -0.4 is 11.1 Å². The topological polar surface area (TPSA) is 55.1 Å². The van der Waals surface area contributed by atoms with Gasteiger partial charge in [-0.2, -0.15) is 0 Å². The summed E-state index contributed by atoms with van der Waals surface area (Å²) >= 11 is 0. The van der Waals surface area contributed by atoms with Crippen molar-refractivity contribution < 1.29 is 4.79 Å². The first kappa shape index (κ1) is 16.0. The number of nitrogens with two attached hydrogens (primary N) is 1. The molecule has 0 bridgehead atoms. The number of nitrogens with one attached hydrogen (secondary N) is 1. The fourth-order valence-corrected chi connectivity index (χ4v) is 3.26. The molecule has 1 aromatic carbocycles. The monoisotopic (exact) mass is 288 g/mol. The Morgan fingerprint density at radius 3 is 2.38 bits per heavy atom. The molecule has 1 unspecified atom stereocenters. The summed E-state index contributed by atoms with van der Waals surface area (Å²) in [5.41, 5.74) is 6.90. The van der Waals surface area contributed by atoms with E-state index >= 15 is 0 Å². The molecule has 21 heavy (non-hydrogen) atoms. The van der Waals surface area contributed by atoms with E-state index in [4.69, 9.17) is 5.73 Å². The molecule has 1 aromatic rings. The average Bonchev–Trinajstić information content (AvgIpc) is 2.79. The summed E-state index contributed by atoms with van der Waals surface area (Å²) < 4.78 is 0. The van der Waals surface area contributed by atoms with E-state index in [9.17, 15) is 4.79 Å². The Morgan fingerprint density at radius 2 is 1.81 bits per heavy atom. The van der Waals surface area contributed by atoms with Crippen LogP contribution in [0.3, 0.4) is 0 Å². The lowest BCUT2D eigenvalue weighted by Crippen LogP contribution is -2.46. The Hall–Kier alpha value is -1.35. The van der Waals surface area contributed by atoms with Gasteiger partial charge in [-0.3, -0.25) is 4.79 Å². The van der Waals surface area contributed by atoms with E-state index < -0.39 is 0 Å². The van der Waals surface area contributed by atoms with Gasteiger partial charge >= 0.3 is 0 Å². The van der Waals surface area contributed by atoms with Gasteiger partial charge in [0.2, 0.25) is 5.91 Å². The molecule has 116 valence electrons. The standard InChI is InChI=1S/C18H28N2O/c1-15(16-9-5-4-6-10-16)13-20-17(21)18(14-19)11-7-2-3-8-12-18/h4-6,9-10,15H,2-3,7-8,11-14,19H2,1H3,(H,20,21). The third kappa shape index (κ3) is 4.07. The molecule has 1 fully saturated rings. The predicted octanol–water partition coefficient (Wildman–Crippen LogP) is 3.21. The number of rotatable bonds is 5. The summed E-state index contributed by atoms with van der Waals surface area (Å²) in [6, 6.07) is 10.3. The lowest BCUT2D eigenvalue weighted by atomic mass is 9.79. The number of benzene rings is 1. The molecule has 1 aliphatic rings. The van der Waals surface area contributed by atoms with E-state index in [1.807, 2.05) is 18.2 Å². The van der Waals surface area contributed by atoms with Crippen LogP contribution in [0.15, 0.2) is 30.3 Å². The lowest BCUT2D eigenvalue weighted by Gasteiger charge is -2.30. The highest BCUT2D eigenvalue weighted by molar-refractivity contribution is 5.83. The van der Waals surface area contributed by atoms with Gasteiger partial charge in [0.25, 0.3) is 0 Å². The largest absolute Gasteiger partial charge is 0.355 e. The molecule has 3 nitrogen and oxygen atoms in total. The molecule has 0 saturated heterocycles. The van der Waals surface area contributed by atoms with Crippen LogP contribution in [0.4, 0.5) is 0 Å². The molecule has 1 atom stereocenters. The molecule has 1 saturated carbocycles. The van der Waals surface area contributed by atoms with Gasteiger partial charge in [0.1, 0.15) is 0 Å². The van der Waals surface area contributed by atoms with Crippen molar-refractivity contribution >= 4 is 5.91 Å². The molecule has 0 aromatic heterocycles. The second kappa shape index (κ2) is 7.60. The molecule has 3 heteroatoms. The highest BCUT2D eigenvalue weighted by Gasteiger charge is 2.37. The highest BCUT2D eigenvalue weighted by Crippen LogP contribution is 2.34. The van der Waals surface area contributed by atoms with Crippen LogP contribution >= 0.6 is 0 Å². The van der Waals surface area contributed by atoms with Crippen molar-refractivity contribution in [1.29, 1.82) is 0 Å². The third-order valence-electron chi connectivity index (χ3n) is 4.87. The summed E-state index contributed by atoms with van der Waals surface area (Å²) in [6.07, 6.45) is 6.59. The predicted molar refractivity (Wildman–Crippen MR) is 87.1 cm³/mol. The second-order valence-corrected chi connectivity index (χ2v) is 6.42. The molecule has 0 aliphatic heterocycles. The Labute approximate surface area is 128 Å². The molecule has 0 spiro atoms. The molecule has 2 rings (SSSR count). The van der Waals surface area contributed by atoms with Crippen molar-refractivity contribution in [2.75, 3.05) is 13.1 Å². The van der Waals surface area contributed by atoms with Crippen molar-refractivity contribution in [2.45, 2.75) is 51.4 Å². The van der Waals surface area contributed by atoms with E-state index in [2.05, 4.69) is 24.4 Å². The average molecular weight is 288 g/mol. The van der Waals surface area contributed by atoms with Crippen molar-refractivity contribution in [3.63, 3.8) is 0 Å². The fourth-order valence-electron chi connectivity index (χ4n) is 3.26. The minimum Gasteiger partial charge on any atom is -0.355 e. The molecule has 1 amide bonds. The van der Waals surface area contributed by atoms with Crippen LogP contribution in [-0.2, 0) is 4.79 Å². The fraction of sp³-hybridized carbons (Fsp3) is 0.611. The number of hydrogen-bond acceptors (Lipinski definition) is 2. The zero-order chi connectivity index (χ0) is 15.1. The summed E-state index contributed by atoms with van der Waals surface area (Å²) in [5, 5.41) is 3.15. The third-order valence-corrected chi connectivity index (χ3v) is 4.87. The summed E-state index contributed by atoms with van der Waals surface area (Å²) in [5.74, 6) is 0.491. The Kier molecular flexibility index (Phi) is 5.80. The molecular formula is C18H28N2O. The smallest absolute Gasteiger partial charge is 0.227 e. The van der Waals surface area contributed by atoms with Crippen molar-refractivity contribution in [3.05, 3.63) is 35.9 Å². The Balaban J connectivity index is 1.93. The van der Waals surface area contributed by atoms with E-state index in [1.165, 1.54) is 18.4 Å².